The number of aliphatic hydroxyl groups is 1. The molecule has 0 atom stereocenters. The van der Waals surface area contributed by atoms with Crippen molar-refractivity contribution in [3.05, 3.63) is 18.2 Å². The molecule has 2 aliphatic rings. The van der Waals surface area contributed by atoms with Gasteiger partial charge < -0.3 is 24.2 Å². The Labute approximate surface area is 138 Å². The average molecular weight is 321 g/mol. The van der Waals surface area contributed by atoms with E-state index in [2.05, 4.69) is 11.9 Å². The second-order valence-corrected chi connectivity index (χ2v) is 6.55. The van der Waals surface area contributed by atoms with Gasteiger partial charge in [0.05, 0.1) is 6.61 Å². The summed E-state index contributed by atoms with van der Waals surface area (Å²) in [5.74, 6) is 2.91. The van der Waals surface area contributed by atoms with Crippen molar-refractivity contribution in [2.75, 3.05) is 33.6 Å². The molecule has 1 aliphatic carbocycles. The van der Waals surface area contributed by atoms with Gasteiger partial charge in [0.25, 0.3) is 0 Å². The Morgan fingerprint density at radius 1 is 1.17 bits per heavy atom. The van der Waals surface area contributed by atoms with Gasteiger partial charge in [-0.15, -0.1) is 0 Å². The van der Waals surface area contributed by atoms with Crippen LogP contribution in [0.25, 0.3) is 0 Å². The molecule has 128 valence electrons. The molecule has 23 heavy (non-hydrogen) atoms. The van der Waals surface area contributed by atoms with Crippen LogP contribution in [0.2, 0.25) is 0 Å². The van der Waals surface area contributed by atoms with Gasteiger partial charge in [-0.2, -0.15) is 0 Å². The van der Waals surface area contributed by atoms with Crippen LogP contribution in [0.4, 0.5) is 0 Å². The maximum atomic E-state index is 9.21. The molecule has 5 heteroatoms. The summed E-state index contributed by atoms with van der Waals surface area (Å²) in [5, 5.41) is 9.21. The summed E-state index contributed by atoms with van der Waals surface area (Å²) in [6, 6.07) is 6.36. The van der Waals surface area contributed by atoms with Crippen molar-refractivity contribution < 1.29 is 19.3 Å². The fraction of sp³-hybridized carbons (Fsp3) is 0.667. The summed E-state index contributed by atoms with van der Waals surface area (Å²) < 4.78 is 16.5. The average Bonchev–Trinajstić information content (AvgIpc) is 3.06. The van der Waals surface area contributed by atoms with E-state index in [1.807, 2.05) is 18.2 Å². The molecule has 0 spiro atoms. The molecular weight excluding hydrogens is 294 g/mol. The minimum Gasteiger partial charge on any atom is -0.493 e. The van der Waals surface area contributed by atoms with Crippen molar-refractivity contribution in [3.8, 4) is 17.2 Å². The highest BCUT2D eigenvalue weighted by molar-refractivity contribution is 5.46. The zero-order valence-electron chi connectivity index (χ0n) is 13.9. The van der Waals surface area contributed by atoms with Crippen LogP contribution in [-0.2, 0) is 0 Å². The summed E-state index contributed by atoms with van der Waals surface area (Å²) in [7, 11) is 2.20. The minimum absolute atomic E-state index is 0.294. The van der Waals surface area contributed by atoms with Crippen LogP contribution >= 0.6 is 0 Å². The predicted molar refractivity (Wildman–Crippen MR) is 88.1 cm³/mol. The maximum absolute atomic E-state index is 9.21. The highest BCUT2D eigenvalue weighted by Crippen LogP contribution is 2.35. The molecule has 1 aromatic carbocycles. The third kappa shape index (κ3) is 4.30. The van der Waals surface area contributed by atoms with Gasteiger partial charge in [-0.1, -0.05) is 0 Å². The summed E-state index contributed by atoms with van der Waals surface area (Å²) in [5.41, 5.74) is 0. The molecule has 0 saturated heterocycles. The number of benzene rings is 1. The van der Waals surface area contributed by atoms with Crippen molar-refractivity contribution in [2.24, 2.45) is 5.92 Å². The molecule has 1 saturated carbocycles. The number of nitrogens with zero attached hydrogens (tertiary/aromatic N) is 1. The molecule has 5 nitrogen and oxygen atoms in total. The van der Waals surface area contributed by atoms with E-state index in [1.165, 1.54) is 12.8 Å². The van der Waals surface area contributed by atoms with Crippen molar-refractivity contribution in [2.45, 2.75) is 38.1 Å². The van der Waals surface area contributed by atoms with Crippen LogP contribution in [0, 0.1) is 5.92 Å². The van der Waals surface area contributed by atoms with Gasteiger partial charge in [-0.3, -0.25) is 0 Å². The summed E-state index contributed by atoms with van der Waals surface area (Å²) in [6.07, 6.45) is 5.71. The highest BCUT2D eigenvalue weighted by Gasteiger charge is 2.23. The lowest BCUT2D eigenvalue weighted by atomic mass is 9.86. The van der Waals surface area contributed by atoms with Crippen LogP contribution in [0.5, 0.6) is 17.2 Å². The molecule has 1 N–H and O–H groups in total. The topological polar surface area (TPSA) is 51.2 Å². The first-order valence-electron chi connectivity index (χ1n) is 8.60. The first kappa shape index (κ1) is 16.4. The molecule has 0 aromatic heterocycles. The normalized spacial score (nSPS) is 23.3. The first-order chi connectivity index (χ1) is 11.3. The zero-order valence-corrected chi connectivity index (χ0v) is 13.9. The van der Waals surface area contributed by atoms with E-state index in [0.29, 0.717) is 32.0 Å². The summed E-state index contributed by atoms with van der Waals surface area (Å²) >= 11 is 0. The van der Waals surface area contributed by atoms with Gasteiger partial charge in [0, 0.05) is 25.3 Å². The molecule has 1 heterocycles. The zero-order chi connectivity index (χ0) is 16.1. The Morgan fingerprint density at radius 2 is 1.96 bits per heavy atom. The SMILES string of the molecule is CN(CCCOc1ccc2c(c1)OCO2)C1CCC(CO)CC1. The van der Waals surface area contributed by atoms with E-state index < -0.39 is 0 Å². The monoisotopic (exact) mass is 321 g/mol. The third-order valence-electron chi connectivity index (χ3n) is 4.97. The Bertz CT molecular complexity index is 500. The van der Waals surface area contributed by atoms with Crippen LogP contribution in [0.3, 0.4) is 0 Å². The van der Waals surface area contributed by atoms with E-state index in [1.54, 1.807) is 0 Å². The lowest BCUT2D eigenvalue weighted by Crippen LogP contribution is -2.36. The molecule has 1 aliphatic heterocycles. The quantitative estimate of drug-likeness (QED) is 0.783. The Balaban J connectivity index is 1.35. The fourth-order valence-corrected chi connectivity index (χ4v) is 3.42. The van der Waals surface area contributed by atoms with Crippen molar-refractivity contribution >= 4 is 0 Å². The standard InChI is InChI=1S/C18H27NO4/c1-19(15-5-3-14(12-20)4-6-15)9-2-10-21-16-7-8-17-18(11-16)23-13-22-17/h7-8,11,14-15,20H,2-6,9-10,12-13H2,1H3. The van der Waals surface area contributed by atoms with E-state index in [4.69, 9.17) is 14.2 Å². The number of ether oxygens (including phenoxy) is 3. The van der Waals surface area contributed by atoms with E-state index in [-0.39, 0.29) is 0 Å². The Morgan fingerprint density at radius 3 is 2.74 bits per heavy atom. The van der Waals surface area contributed by atoms with Gasteiger partial charge >= 0.3 is 0 Å². The number of hydrogen-bond donors (Lipinski definition) is 1. The van der Waals surface area contributed by atoms with Gasteiger partial charge in [0.1, 0.15) is 5.75 Å². The van der Waals surface area contributed by atoms with Crippen LogP contribution in [0.1, 0.15) is 32.1 Å². The van der Waals surface area contributed by atoms with E-state index in [9.17, 15) is 5.11 Å². The Kier molecular flexibility index (Phi) is 5.62. The second kappa shape index (κ2) is 7.88. The molecular formula is C18H27NO4. The number of hydrogen-bond acceptors (Lipinski definition) is 5. The highest BCUT2D eigenvalue weighted by atomic mass is 16.7. The van der Waals surface area contributed by atoms with Crippen LogP contribution < -0.4 is 14.2 Å². The van der Waals surface area contributed by atoms with Gasteiger partial charge in [-0.25, -0.2) is 0 Å². The van der Waals surface area contributed by atoms with Crippen molar-refractivity contribution in [1.29, 1.82) is 0 Å². The molecule has 0 unspecified atom stereocenters. The van der Waals surface area contributed by atoms with Gasteiger partial charge in [-0.05, 0) is 57.2 Å². The van der Waals surface area contributed by atoms with Crippen LogP contribution in [0.15, 0.2) is 18.2 Å². The predicted octanol–water partition coefficient (Wildman–Crippen LogP) is 2.67. The fourth-order valence-electron chi connectivity index (χ4n) is 3.42. The summed E-state index contributed by atoms with van der Waals surface area (Å²) in [6.45, 7) is 2.39. The van der Waals surface area contributed by atoms with E-state index in [0.717, 1.165) is 43.1 Å². The largest absolute Gasteiger partial charge is 0.493 e. The molecule has 3 rings (SSSR count). The molecule has 0 amide bonds. The molecule has 1 aromatic rings. The van der Waals surface area contributed by atoms with E-state index >= 15 is 0 Å². The molecule has 0 bridgehead atoms. The first-order valence-corrected chi connectivity index (χ1v) is 8.60. The molecule has 0 radical (unpaired) electrons. The van der Waals surface area contributed by atoms with Gasteiger partial charge in [0.2, 0.25) is 6.79 Å². The third-order valence-corrected chi connectivity index (χ3v) is 4.97. The van der Waals surface area contributed by atoms with Crippen molar-refractivity contribution in [1.82, 2.24) is 4.90 Å². The summed E-state index contributed by atoms with van der Waals surface area (Å²) in [4.78, 5) is 2.44. The lowest BCUT2D eigenvalue weighted by Gasteiger charge is -2.34. The lowest BCUT2D eigenvalue weighted by molar-refractivity contribution is 0.123. The molecule has 1 fully saturated rings. The number of aliphatic hydroxyl groups excluding tert-OH is 1. The number of rotatable bonds is 7. The Hall–Kier alpha value is -1.46. The van der Waals surface area contributed by atoms with Crippen molar-refractivity contribution in [3.63, 3.8) is 0 Å². The smallest absolute Gasteiger partial charge is 0.231 e. The minimum atomic E-state index is 0.294. The van der Waals surface area contributed by atoms with Gasteiger partial charge in [0.15, 0.2) is 11.5 Å². The number of fused-ring (bicyclic) bond motifs is 1. The maximum Gasteiger partial charge on any atom is 0.231 e. The van der Waals surface area contributed by atoms with Crippen LogP contribution in [-0.4, -0.2) is 49.6 Å². The second-order valence-electron chi connectivity index (χ2n) is 6.55.